The third kappa shape index (κ3) is 3.52. The van der Waals surface area contributed by atoms with Gasteiger partial charge in [-0.3, -0.25) is 4.79 Å². The number of rotatable bonds is 4. The van der Waals surface area contributed by atoms with E-state index in [0.717, 1.165) is 23.9 Å². The third-order valence-electron chi connectivity index (χ3n) is 5.76. The molecule has 3 aromatic heterocycles. The quantitative estimate of drug-likeness (QED) is 0.507. The fraction of sp³-hybridized carbons (Fsp3) is 0.318. The third-order valence-corrected chi connectivity index (χ3v) is 5.76. The zero-order valence-corrected chi connectivity index (χ0v) is 17.4. The second kappa shape index (κ2) is 7.82. The van der Waals surface area contributed by atoms with Crippen LogP contribution in [0.1, 0.15) is 30.1 Å². The van der Waals surface area contributed by atoms with Gasteiger partial charge in [0.2, 0.25) is 5.88 Å². The molecule has 1 aromatic carbocycles. The first-order valence-corrected chi connectivity index (χ1v) is 10.3. The molecule has 0 aliphatic carbocycles. The average Bonchev–Trinajstić information content (AvgIpc) is 3.46. The minimum Gasteiger partial charge on any atom is -0.471 e. The van der Waals surface area contributed by atoms with Crippen LogP contribution in [0.4, 0.5) is 0 Å². The molecule has 0 bridgehead atoms. The van der Waals surface area contributed by atoms with Crippen molar-refractivity contribution in [2.24, 2.45) is 7.05 Å². The number of aromatic nitrogens is 6. The van der Waals surface area contributed by atoms with Gasteiger partial charge in [0.15, 0.2) is 5.52 Å². The maximum Gasteiger partial charge on any atom is 0.256 e. The number of benzene rings is 1. The van der Waals surface area contributed by atoms with Gasteiger partial charge >= 0.3 is 0 Å². The lowest BCUT2D eigenvalue weighted by atomic mass is 9.99. The number of para-hydroxylation sites is 1. The van der Waals surface area contributed by atoms with Gasteiger partial charge in [0.25, 0.3) is 5.91 Å². The summed E-state index contributed by atoms with van der Waals surface area (Å²) in [5.74, 6) is 0.448. The fourth-order valence-electron chi connectivity index (χ4n) is 4.06. The topological polar surface area (TPSA) is 91.0 Å². The number of likely N-dealkylation sites (tertiary alicyclic amines) is 1. The van der Waals surface area contributed by atoms with Crippen LogP contribution in [0, 0.1) is 0 Å². The summed E-state index contributed by atoms with van der Waals surface area (Å²) in [6, 6.07) is 9.41. The number of nitrogens with zero attached hydrogens (tertiary/aromatic N) is 7. The number of aryl methyl sites for hydroxylation is 1. The van der Waals surface area contributed by atoms with Crippen LogP contribution in [0.25, 0.3) is 16.7 Å². The highest BCUT2D eigenvalue weighted by Crippen LogP contribution is 2.27. The van der Waals surface area contributed by atoms with E-state index in [1.807, 2.05) is 46.8 Å². The highest BCUT2D eigenvalue weighted by atomic mass is 16.5. The Hall–Kier alpha value is -3.75. The van der Waals surface area contributed by atoms with E-state index in [2.05, 4.69) is 27.1 Å². The number of piperidine rings is 1. The predicted octanol–water partition coefficient (Wildman–Crippen LogP) is 2.62. The Bertz CT molecular complexity index is 1220. The van der Waals surface area contributed by atoms with E-state index >= 15 is 0 Å². The summed E-state index contributed by atoms with van der Waals surface area (Å²) in [4.78, 5) is 25.7. The van der Waals surface area contributed by atoms with Crippen LogP contribution in [-0.4, -0.2) is 59.0 Å². The van der Waals surface area contributed by atoms with Crippen molar-refractivity contribution in [2.75, 3.05) is 6.54 Å². The molecule has 1 fully saturated rings. The standard InChI is InChI=1S/C22H23N7O2/c1-15-7-8-16(31-21-20-19(9-10-23-21)27(2)14-24-20)13-28(15)22(30)17-5-3-4-6-18(17)29-25-11-12-26-29/h3-6,9-12,14-16H,7-8,13H2,1-2H3/t15-,16-/m1/s1. The monoisotopic (exact) mass is 417 g/mol. The Morgan fingerprint density at radius 1 is 1.06 bits per heavy atom. The first kappa shape index (κ1) is 19.2. The second-order valence-corrected chi connectivity index (χ2v) is 7.80. The molecule has 0 N–H and O–H groups in total. The van der Waals surface area contributed by atoms with Crippen molar-refractivity contribution in [3.63, 3.8) is 0 Å². The van der Waals surface area contributed by atoms with Gasteiger partial charge in [0.05, 0.1) is 42.0 Å². The summed E-state index contributed by atoms with van der Waals surface area (Å²) in [6.07, 6.45) is 8.20. The largest absolute Gasteiger partial charge is 0.471 e. The summed E-state index contributed by atoms with van der Waals surface area (Å²) in [5, 5.41) is 8.38. The van der Waals surface area contributed by atoms with Crippen molar-refractivity contribution in [3.05, 3.63) is 60.8 Å². The fourth-order valence-corrected chi connectivity index (χ4v) is 4.06. The van der Waals surface area contributed by atoms with Crippen LogP contribution >= 0.6 is 0 Å². The molecular weight excluding hydrogens is 394 g/mol. The molecule has 2 atom stereocenters. The molecule has 4 aromatic rings. The molecule has 1 saturated heterocycles. The number of fused-ring (bicyclic) bond motifs is 1. The Kier molecular flexibility index (Phi) is 4.85. The molecule has 4 heterocycles. The first-order chi connectivity index (χ1) is 15.1. The van der Waals surface area contributed by atoms with E-state index in [-0.39, 0.29) is 18.1 Å². The van der Waals surface area contributed by atoms with Crippen LogP contribution in [-0.2, 0) is 7.05 Å². The van der Waals surface area contributed by atoms with E-state index in [0.29, 0.717) is 23.7 Å². The molecule has 158 valence electrons. The summed E-state index contributed by atoms with van der Waals surface area (Å²) < 4.78 is 8.17. The van der Waals surface area contributed by atoms with Gasteiger partial charge in [-0.25, -0.2) is 9.97 Å². The van der Waals surface area contributed by atoms with Crippen LogP contribution in [0.3, 0.4) is 0 Å². The number of imidazole rings is 1. The molecule has 5 rings (SSSR count). The second-order valence-electron chi connectivity index (χ2n) is 7.80. The minimum absolute atomic E-state index is 0.0577. The van der Waals surface area contributed by atoms with Crippen molar-refractivity contribution in [3.8, 4) is 11.6 Å². The molecule has 1 amide bonds. The van der Waals surface area contributed by atoms with Gasteiger partial charge in [0.1, 0.15) is 6.10 Å². The maximum absolute atomic E-state index is 13.5. The van der Waals surface area contributed by atoms with Gasteiger partial charge in [-0.1, -0.05) is 12.1 Å². The Balaban J connectivity index is 1.40. The Labute approximate surface area is 179 Å². The maximum atomic E-state index is 13.5. The summed E-state index contributed by atoms with van der Waals surface area (Å²) >= 11 is 0. The number of carbonyl (C=O) groups excluding carboxylic acids is 1. The normalized spacial score (nSPS) is 19.0. The number of pyridine rings is 1. The minimum atomic E-state index is -0.157. The molecule has 0 spiro atoms. The number of carbonyl (C=O) groups is 1. The molecular formula is C22H23N7O2. The van der Waals surface area contributed by atoms with Gasteiger partial charge in [-0.05, 0) is 38.0 Å². The van der Waals surface area contributed by atoms with Crippen LogP contribution in [0.15, 0.2) is 55.2 Å². The van der Waals surface area contributed by atoms with E-state index < -0.39 is 0 Å². The first-order valence-electron chi connectivity index (χ1n) is 10.3. The summed E-state index contributed by atoms with van der Waals surface area (Å²) in [6.45, 7) is 2.55. The van der Waals surface area contributed by atoms with E-state index in [1.165, 1.54) is 4.80 Å². The lowest BCUT2D eigenvalue weighted by molar-refractivity contribution is 0.0376. The van der Waals surface area contributed by atoms with Crippen LogP contribution in [0.2, 0.25) is 0 Å². The van der Waals surface area contributed by atoms with Crippen molar-refractivity contribution in [2.45, 2.75) is 31.9 Å². The predicted molar refractivity (Wildman–Crippen MR) is 114 cm³/mol. The Morgan fingerprint density at radius 2 is 1.87 bits per heavy atom. The molecule has 0 unspecified atom stereocenters. The molecule has 1 aliphatic heterocycles. The van der Waals surface area contributed by atoms with Crippen molar-refractivity contribution in [1.82, 2.24) is 34.4 Å². The smallest absolute Gasteiger partial charge is 0.256 e. The van der Waals surface area contributed by atoms with Gasteiger partial charge < -0.3 is 14.2 Å². The van der Waals surface area contributed by atoms with Crippen LogP contribution < -0.4 is 4.74 Å². The zero-order chi connectivity index (χ0) is 21.4. The molecule has 0 radical (unpaired) electrons. The Morgan fingerprint density at radius 3 is 2.71 bits per heavy atom. The van der Waals surface area contributed by atoms with Gasteiger partial charge in [-0.15, -0.1) is 0 Å². The molecule has 31 heavy (non-hydrogen) atoms. The molecule has 1 aliphatic rings. The summed E-state index contributed by atoms with van der Waals surface area (Å²) in [5.41, 5.74) is 2.92. The lowest BCUT2D eigenvalue weighted by Gasteiger charge is -2.38. The van der Waals surface area contributed by atoms with Crippen molar-refractivity contribution >= 4 is 16.9 Å². The number of hydrogen-bond donors (Lipinski definition) is 0. The highest BCUT2D eigenvalue weighted by molar-refractivity contribution is 5.98. The highest BCUT2D eigenvalue weighted by Gasteiger charge is 2.32. The molecule has 9 heteroatoms. The van der Waals surface area contributed by atoms with Gasteiger partial charge in [-0.2, -0.15) is 15.0 Å². The van der Waals surface area contributed by atoms with E-state index in [4.69, 9.17) is 4.74 Å². The molecule has 0 saturated carbocycles. The number of ether oxygens (including phenoxy) is 1. The van der Waals surface area contributed by atoms with Crippen molar-refractivity contribution in [1.29, 1.82) is 0 Å². The van der Waals surface area contributed by atoms with E-state index in [1.54, 1.807) is 24.9 Å². The lowest BCUT2D eigenvalue weighted by Crippen LogP contribution is -2.49. The van der Waals surface area contributed by atoms with Crippen LogP contribution in [0.5, 0.6) is 5.88 Å². The number of amides is 1. The van der Waals surface area contributed by atoms with Crippen molar-refractivity contribution < 1.29 is 9.53 Å². The average molecular weight is 417 g/mol. The van der Waals surface area contributed by atoms with Gasteiger partial charge in [0, 0.05) is 19.3 Å². The SMILES string of the molecule is C[C@@H]1CC[C@@H](Oc2nccc3c2ncn3C)CN1C(=O)c1ccccc1-n1nccn1. The molecule has 9 nitrogen and oxygen atoms in total. The zero-order valence-electron chi connectivity index (χ0n) is 17.4. The van der Waals surface area contributed by atoms with E-state index in [9.17, 15) is 4.79 Å². The summed E-state index contributed by atoms with van der Waals surface area (Å²) in [7, 11) is 1.94. The number of hydrogen-bond acceptors (Lipinski definition) is 6.